The van der Waals surface area contributed by atoms with Gasteiger partial charge in [0.25, 0.3) is 0 Å². The first-order valence-corrected chi connectivity index (χ1v) is 9.43. The maximum atomic E-state index is 12.7. The fourth-order valence-electron chi connectivity index (χ4n) is 5.11. The van der Waals surface area contributed by atoms with Crippen LogP contribution in [0.1, 0.15) is 77.0 Å². The molecule has 3 nitrogen and oxygen atoms in total. The van der Waals surface area contributed by atoms with Crippen molar-refractivity contribution in [2.75, 3.05) is 13.7 Å². The number of carbonyl (C=O) groups excluding carboxylic acids is 1. The van der Waals surface area contributed by atoms with Crippen LogP contribution in [0.5, 0.6) is 0 Å². The van der Waals surface area contributed by atoms with Crippen molar-refractivity contribution in [1.29, 1.82) is 0 Å². The smallest absolute Gasteiger partial charge is 0.314 e. The Labute approximate surface area is 135 Å². The van der Waals surface area contributed by atoms with Gasteiger partial charge in [-0.25, -0.2) is 0 Å². The first-order valence-electron chi connectivity index (χ1n) is 9.43. The third kappa shape index (κ3) is 3.50. The lowest BCUT2D eigenvalue weighted by Crippen LogP contribution is -2.34. The van der Waals surface area contributed by atoms with Crippen LogP contribution >= 0.6 is 0 Å². The van der Waals surface area contributed by atoms with Crippen LogP contribution < -0.4 is 0 Å². The molecule has 1 saturated heterocycles. The van der Waals surface area contributed by atoms with Crippen molar-refractivity contribution in [3.05, 3.63) is 0 Å². The minimum absolute atomic E-state index is 0.0375. The Kier molecular flexibility index (Phi) is 5.43. The largest absolute Gasteiger partial charge is 0.462 e. The van der Waals surface area contributed by atoms with Crippen molar-refractivity contribution in [3.63, 3.8) is 0 Å². The maximum absolute atomic E-state index is 12.7. The third-order valence-corrected chi connectivity index (χ3v) is 6.28. The van der Waals surface area contributed by atoms with Crippen LogP contribution in [-0.4, -0.2) is 25.8 Å². The lowest BCUT2D eigenvalue weighted by atomic mass is 9.71. The number of carbonyl (C=O) groups is 1. The van der Waals surface area contributed by atoms with E-state index >= 15 is 0 Å². The van der Waals surface area contributed by atoms with Crippen molar-refractivity contribution >= 4 is 5.97 Å². The molecule has 2 atom stereocenters. The zero-order valence-electron chi connectivity index (χ0n) is 14.1. The summed E-state index contributed by atoms with van der Waals surface area (Å²) in [5.41, 5.74) is -0.348. The van der Waals surface area contributed by atoms with E-state index in [0.717, 1.165) is 12.8 Å². The summed E-state index contributed by atoms with van der Waals surface area (Å²) in [6, 6.07) is 0. The van der Waals surface area contributed by atoms with E-state index in [1.807, 2.05) is 0 Å². The molecule has 2 aliphatic carbocycles. The molecule has 0 spiro atoms. The van der Waals surface area contributed by atoms with Gasteiger partial charge >= 0.3 is 5.97 Å². The van der Waals surface area contributed by atoms with Crippen molar-refractivity contribution in [1.82, 2.24) is 0 Å². The van der Waals surface area contributed by atoms with Crippen LogP contribution in [0.3, 0.4) is 0 Å². The Balaban J connectivity index is 1.67. The van der Waals surface area contributed by atoms with Crippen LogP contribution in [0.4, 0.5) is 0 Å². The number of ether oxygens (including phenoxy) is 2. The van der Waals surface area contributed by atoms with Gasteiger partial charge in [0.05, 0.1) is 12.0 Å². The lowest BCUT2D eigenvalue weighted by Gasteiger charge is -2.31. The van der Waals surface area contributed by atoms with Crippen LogP contribution in [-0.2, 0) is 14.3 Å². The molecule has 126 valence electrons. The summed E-state index contributed by atoms with van der Waals surface area (Å²) in [5, 5.41) is 0. The zero-order valence-corrected chi connectivity index (χ0v) is 14.1. The van der Waals surface area contributed by atoms with Gasteiger partial charge in [-0.3, -0.25) is 4.79 Å². The molecule has 2 saturated carbocycles. The summed E-state index contributed by atoms with van der Waals surface area (Å²) >= 11 is 0. The second kappa shape index (κ2) is 7.33. The molecule has 3 rings (SSSR count). The molecule has 1 heterocycles. The van der Waals surface area contributed by atoms with E-state index in [2.05, 4.69) is 0 Å². The summed E-state index contributed by atoms with van der Waals surface area (Å²) in [6.07, 6.45) is 15.1. The topological polar surface area (TPSA) is 35.5 Å². The quantitative estimate of drug-likeness (QED) is 0.702. The molecule has 0 bridgehead atoms. The van der Waals surface area contributed by atoms with Gasteiger partial charge in [0.1, 0.15) is 6.10 Å². The average Bonchev–Trinajstić information content (AvgIpc) is 2.86. The normalized spacial score (nSPS) is 34.8. The van der Waals surface area contributed by atoms with E-state index in [4.69, 9.17) is 9.47 Å². The molecule has 2 unspecified atom stereocenters. The minimum atomic E-state index is -0.348. The van der Waals surface area contributed by atoms with Crippen LogP contribution in [0.15, 0.2) is 0 Å². The first kappa shape index (κ1) is 16.3. The molecular formula is C19H32O3. The summed E-state index contributed by atoms with van der Waals surface area (Å²) in [4.78, 5) is 12.7. The molecule has 0 amide bonds. The second-order valence-corrected chi connectivity index (χ2v) is 7.97. The number of esters is 1. The number of methoxy groups -OCH3 is 1. The maximum Gasteiger partial charge on any atom is 0.314 e. The summed E-state index contributed by atoms with van der Waals surface area (Å²) in [7, 11) is 1.73. The third-order valence-electron chi connectivity index (χ3n) is 6.28. The zero-order chi connectivity index (χ0) is 15.4. The Morgan fingerprint density at radius 3 is 2.32 bits per heavy atom. The van der Waals surface area contributed by atoms with E-state index < -0.39 is 0 Å². The molecule has 3 aliphatic rings. The van der Waals surface area contributed by atoms with E-state index in [1.54, 1.807) is 7.11 Å². The number of rotatable bonds is 5. The predicted molar refractivity (Wildman–Crippen MR) is 86.6 cm³/mol. The molecule has 0 radical (unpaired) electrons. The highest BCUT2D eigenvalue weighted by molar-refractivity contribution is 5.79. The first-order chi connectivity index (χ1) is 10.7. The Hall–Kier alpha value is -0.570. The minimum Gasteiger partial charge on any atom is -0.462 e. The highest BCUT2D eigenvalue weighted by Crippen LogP contribution is 2.46. The van der Waals surface area contributed by atoms with Crippen molar-refractivity contribution in [3.8, 4) is 0 Å². The van der Waals surface area contributed by atoms with E-state index in [9.17, 15) is 4.79 Å². The molecule has 0 aromatic carbocycles. The van der Waals surface area contributed by atoms with Crippen LogP contribution in [0.25, 0.3) is 0 Å². The molecule has 3 heteroatoms. The average molecular weight is 308 g/mol. The van der Waals surface area contributed by atoms with Gasteiger partial charge < -0.3 is 9.47 Å². The van der Waals surface area contributed by atoms with E-state index in [-0.39, 0.29) is 17.5 Å². The van der Waals surface area contributed by atoms with Gasteiger partial charge in [0.2, 0.25) is 0 Å². The standard InChI is InChI=1S/C19H32O3/c1-21-14-19(12-15-8-4-2-5-9-15)13-17(22-18(19)20)16-10-6-3-7-11-16/h15-17H,2-14H2,1H3. The van der Waals surface area contributed by atoms with Gasteiger partial charge in [-0.15, -0.1) is 0 Å². The highest BCUT2D eigenvalue weighted by atomic mass is 16.6. The molecule has 3 fully saturated rings. The summed E-state index contributed by atoms with van der Waals surface area (Å²) < 4.78 is 11.4. The Morgan fingerprint density at radius 1 is 1.05 bits per heavy atom. The molecule has 0 aromatic heterocycles. The van der Waals surface area contributed by atoms with Crippen LogP contribution in [0, 0.1) is 17.3 Å². The summed E-state index contributed by atoms with van der Waals surface area (Å²) in [6.45, 7) is 0.547. The highest BCUT2D eigenvalue weighted by Gasteiger charge is 2.51. The Morgan fingerprint density at radius 2 is 1.68 bits per heavy atom. The van der Waals surface area contributed by atoms with Crippen LogP contribution in [0.2, 0.25) is 0 Å². The van der Waals surface area contributed by atoms with Gasteiger partial charge in [-0.1, -0.05) is 51.4 Å². The Bertz CT molecular complexity index is 369. The molecule has 0 N–H and O–H groups in total. The van der Waals surface area contributed by atoms with Crippen molar-refractivity contribution < 1.29 is 14.3 Å². The summed E-state index contributed by atoms with van der Waals surface area (Å²) in [5.74, 6) is 1.33. The van der Waals surface area contributed by atoms with E-state index in [0.29, 0.717) is 18.4 Å². The molecular weight excluding hydrogens is 276 g/mol. The fraction of sp³-hybridized carbons (Fsp3) is 0.947. The fourth-order valence-corrected chi connectivity index (χ4v) is 5.11. The second-order valence-electron chi connectivity index (χ2n) is 7.97. The lowest BCUT2D eigenvalue weighted by molar-refractivity contribution is -0.153. The predicted octanol–water partition coefficient (Wildman–Crippen LogP) is 4.49. The monoisotopic (exact) mass is 308 g/mol. The van der Waals surface area contributed by atoms with Gasteiger partial charge in [0.15, 0.2) is 0 Å². The van der Waals surface area contributed by atoms with E-state index in [1.165, 1.54) is 64.2 Å². The van der Waals surface area contributed by atoms with Crippen molar-refractivity contribution in [2.45, 2.75) is 83.2 Å². The molecule has 0 aromatic rings. The van der Waals surface area contributed by atoms with Crippen molar-refractivity contribution in [2.24, 2.45) is 17.3 Å². The molecule has 22 heavy (non-hydrogen) atoms. The van der Waals surface area contributed by atoms with Gasteiger partial charge in [-0.2, -0.15) is 0 Å². The van der Waals surface area contributed by atoms with Gasteiger partial charge in [0, 0.05) is 13.5 Å². The number of hydrogen-bond donors (Lipinski definition) is 0. The van der Waals surface area contributed by atoms with Gasteiger partial charge in [-0.05, 0) is 31.1 Å². The molecule has 1 aliphatic heterocycles. The number of cyclic esters (lactones) is 1. The number of hydrogen-bond acceptors (Lipinski definition) is 3. The SMILES string of the molecule is COCC1(CC2CCCCC2)CC(C2CCCCC2)OC1=O.